The van der Waals surface area contributed by atoms with Crippen molar-refractivity contribution >= 4 is 28.7 Å². The summed E-state index contributed by atoms with van der Waals surface area (Å²) in [5.41, 5.74) is 7.21. The van der Waals surface area contributed by atoms with Crippen LogP contribution in [-0.4, -0.2) is 43.3 Å². The zero-order chi connectivity index (χ0) is 21.8. The van der Waals surface area contributed by atoms with Crippen LogP contribution in [0.15, 0.2) is 66.7 Å². The molecule has 1 aliphatic rings. The number of para-hydroxylation sites is 1. The van der Waals surface area contributed by atoms with Crippen molar-refractivity contribution in [2.24, 2.45) is 0 Å². The number of anilines is 2. The van der Waals surface area contributed by atoms with Gasteiger partial charge in [-0.2, -0.15) is 0 Å². The van der Waals surface area contributed by atoms with Gasteiger partial charge in [0.2, 0.25) is 0 Å². The number of nitrogens with one attached hydrogen (secondary N) is 1. The third-order valence-corrected chi connectivity index (χ3v) is 6.23. The minimum Gasteiger partial charge on any atom is -0.495 e. The lowest BCUT2D eigenvalue weighted by atomic mass is 10.0. The van der Waals surface area contributed by atoms with Gasteiger partial charge in [-0.25, -0.2) is 0 Å². The molecule has 5 heteroatoms. The Morgan fingerprint density at radius 1 is 0.839 bits per heavy atom. The molecule has 0 unspecified atom stereocenters. The van der Waals surface area contributed by atoms with E-state index in [-0.39, 0.29) is 0 Å². The number of nitrogens with zero attached hydrogens (tertiary/aromatic N) is 2. The van der Waals surface area contributed by atoms with Gasteiger partial charge in [-0.05, 0) is 60.5 Å². The second-order valence-corrected chi connectivity index (χ2v) is 8.31. The molecule has 0 saturated carbocycles. The predicted octanol–water partition coefficient (Wildman–Crippen LogP) is 5.50. The third-order valence-electron chi connectivity index (χ3n) is 5.87. The molecule has 0 spiro atoms. The normalized spacial score (nSPS) is 13.8. The number of benzene rings is 3. The molecule has 3 aromatic carbocycles. The molecule has 1 aliphatic heterocycles. The standard InChI is InChI=1S/C26H29N3OS/c1-19-8-7-9-20(2)25(19)28-14-16-29(17-15-28)26(31)27-23-18-22(12-13-24(23)30-3)21-10-5-4-6-11-21/h4-13,18H,14-17H2,1-3H3,(H,27,31). The molecular formula is C26H29N3OS. The average molecular weight is 432 g/mol. The summed E-state index contributed by atoms with van der Waals surface area (Å²) in [6.45, 7) is 8.06. The fraction of sp³-hybridized carbons (Fsp3) is 0.269. The minimum atomic E-state index is 0.740. The number of hydrogen-bond donors (Lipinski definition) is 1. The van der Waals surface area contributed by atoms with Gasteiger partial charge in [0.1, 0.15) is 5.75 Å². The Balaban J connectivity index is 1.45. The molecule has 1 heterocycles. The molecule has 1 saturated heterocycles. The Morgan fingerprint density at radius 3 is 2.16 bits per heavy atom. The van der Waals surface area contributed by atoms with Crippen molar-refractivity contribution in [1.29, 1.82) is 0 Å². The number of thiocarbonyl (C=S) groups is 1. The van der Waals surface area contributed by atoms with Crippen molar-refractivity contribution < 1.29 is 4.74 Å². The number of aryl methyl sites for hydroxylation is 2. The van der Waals surface area contributed by atoms with E-state index in [0.717, 1.165) is 48.3 Å². The van der Waals surface area contributed by atoms with Crippen molar-refractivity contribution in [3.63, 3.8) is 0 Å². The molecule has 0 bridgehead atoms. The minimum absolute atomic E-state index is 0.740. The first-order chi connectivity index (χ1) is 15.1. The molecule has 1 N–H and O–H groups in total. The molecule has 31 heavy (non-hydrogen) atoms. The maximum absolute atomic E-state index is 5.77. The fourth-order valence-electron chi connectivity index (χ4n) is 4.25. The molecule has 0 amide bonds. The van der Waals surface area contributed by atoms with Crippen LogP contribution < -0.4 is 15.0 Å². The second-order valence-electron chi connectivity index (χ2n) is 7.93. The Labute approximate surface area is 190 Å². The Bertz CT molecular complexity index is 1040. The van der Waals surface area contributed by atoms with Gasteiger partial charge in [-0.15, -0.1) is 0 Å². The zero-order valence-electron chi connectivity index (χ0n) is 18.4. The predicted molar refractivity (Wildman–Crippen MR) is 134 cm³/mol. The zero-order valence-corrected chi connectivity index (χ0v) is 19.2. The number of rotatable bonds is 4. The summed E-state index contributed by atoms with van der Waals surface area (Å²) >= 11 is 5.77. The van der Waals surface area contributed by atoms with Gasteiger partial charge in [0.05, 0.1) is 12.8 Å². The molecule has 0 aliphatic carbocycles. The summed E-state index contributed by atoms with van der Waals surface area (Å²) in [6, 6.07) is 23.0. The Morgan fingerprint density at radius 2 is 1.52 bits per heavy atom. The monoisotopic (exact) mass is 431 g/mol. The largest absolute Gasteiger partial charge is 0.495 e. The maximum Gasteiger partial charge on any atom is 0.173 e. The summed E-state index contributed by atoms with van der Waals surface area (Å²) in [5, 5.41) is 4.17. The van der Waals surface area contributed by atoms with Crippen molar-refractivity contribution in [1.82, 2.24) is 4.90 Å². The van der Waals surface area contributed by atoms with Gasteiger partial charge in [-0.1, -0.05) is 54.6 Å². The lowest BCUT2D eigenvalue weighted by Gasteiger charge is -2.38. The van der Waals surface area contributed by atoms with Crippen LogP contribution in [0.3, 0.4) is 0 Å². The molecule has 1 fully saturated rings. The second kappa shape index (κ2) is 9.40. The first kappa shape index (κ1) is 21.2. The van der Waals surface area contributed by atoms with Crippen LogP contribution in [0, 0.1) is 13.8 Å². The Hall–Kier alpha value is -3.05. The molecule has 4 nitrogen and oxygen atoms in total. The highest BCUT2D eigenvalue weighted by atomic mass is 32.1. The molecular weight excluding hydrogens is 402 g/mol. The van der Waals surface area contributed by atoms with Gasteiger partial charge < -0.3 is 19.9 Å². The smallest absolute Gasteiger partial charge is 0.173 e. The maximum atomic E-state index is 5.77. The van der Waals surface area contributed by atoms with Crippen LogP contribution in [-0.2, 0) is 0 Å². The molecule has 160 valence electrons. The van der Waals surface area contributed by atoms with Gasteiger partial charge >= 0.3 is 0 Å². The van der Waals surface area contributed by atoms with Crippen LogP contribution in [0.2, 0.25) is 0 Å². The topological polar surface area (TPSA) is 27.7 Å². The van der Waals surface area contributed by atoms with Crippen molar-refractivity contribution in [3.05, 3.63) is 77.9 Å². The van der Waals surface area contributed by atoms with Gasteiger partial charge in [0, 0.05) is 31.9 Å². The first-order valence-electron chi connectivity index (χ1n) is 10.7. The van der Waals surface area contributed by atoms with Gasteiger partial charge in [0.15, 0.2) is 5.11 Å². The number of hydrogen-bond acceptors (Lipinski definition) is 3. The first-order valence-corrected chi connectivity index (χ1v) is 11.1. The van der Waals surface area contributed by atoms with Crippen molar-refractivity contribution in [2.75, 3.05) is 43.5 Å². The molecule has 0 atom stereocenters. The highest BCUT2D eigenvalue weighted by Crippen LogP contribution is 2.31. The van der Waals surface area contributed by atoms with Crippen LogP contribution >= 0.6 is 12.2 Å². The van der Waals surface area contributed by atoms with Gasteiger partial charge in [-0.3, -0.25) is 0 Å². The summed E-state index contributed by atoms with van der Waals surface area (Å²) in [5.74, 6) is 0.788. The van der Waals surface area contributed by atoms with E-state index in [4.69, 9.17) is 17.0 Å². The number of methoxy groups -OCH3 is 1. The van der Waals surface area contributed by atoms with Crippen molar-refractivity contribution in [3.8, 4) is 16.9 Å². The fourth-order valence-corrected chi connectivity index (χ4v) is 4.54. The van der Waals surface area contributed by atoms with E-state index >= 15 is 0 Å². The van der Waals surface area contributed by atoms with Crippen molar-refractivity contribution in [2.45, 2.75) is 13.8 Å². The van der Waals surface area contributed by atoms with E-state index in [9.17, 15) is 0 Å². The van der Waals surface area contributed by atoms with Gasteiger partial charge in [0.25, 0.3) is 0 Å². The number of piperazine rings is 1. The highest BCUT2D eigenvalue weighted by molar-refractivity contribution is 7.80. The summed E-state index contributed by atoms with van der Waals surface area (Å²) in [7, 11) is 1.69. The van der Waals surface area contributed by atoms with Crippen LogP contribution in [0.4, 0.5) is 11.4 Å². The molecule has 4 rings (SSSR count). The summed E-state index contributed by atoms with van der Waals surface area (Å²) < 4.78 is 5.58. The van der Waals surface area contributed by atoms with E-state index in [1.165, 1.54) is 22.4 Å². The van der Waals surface area contributed by atoms with E-state index in [1.54, 1.807) is 7.11 Å². The lowest BCUT2D eigenvalue weighted by molar-refractivity contribution is 0.389. The SMILES string of the molecule is COc1ccc(-c2ccccc2)cc1NC(=S)N1CCN(c2c(C)cccc2C)CC1. The van der Waals surface area contributed by atoms with E-state index < -0.39 is 0 Å². The summed E-state index contributed by atoms with van der Waals surface area (Å²) in [4.78, 5) is 4.72. The quantitative estimate of drug-likeness (QED) is 0.551. The Kier molecular flexibility index (Phi) is 6.42. The van der Waals surface area contributed by atoms with E-state index in [1.807, 2.05) is 24.3 Å². The third kappa shape index (κ3) is 4.67. The van der Waals surface area contributed by atoms with Crippen LogP contribution in [0.1, 0.15) is 11.1 Å². The van der Waals surface area contributed by atoms with E-state index in [2.05, 4.69) is 71.4 Å². The lowest BCUT2D eigenvalue weighted by Crippen LogP contribution is -2.50. The van der Waals surface area contributed by atoms with Crippen LogP contribution in [0.5, 0.6) is 5.75 Å². The number of ether oxygens (including phenoxy) is 1. The summed E-state index contributed by atoms with van der Waals surface area (Å²) in [6.07, 6.45) is 0. The van der Waals surface area contributed by atoms with E-state index in [0.29, 0.717) is 0 Å². The highest BCUT2D eigenvalue weighted by Gasteiger charge is 2.22. The molecule has 3 aromatic rings. The van der Waals surface area contributed by atoms with Crippen LogP contribution in [0.25, 0.3) is 11.1 Å². The average Bonchev–Trinajstić information content (AvgIpc) is 2.80. The molecule has 0 radical (unpaired) electrons. The molecule has 0 aromatic heterocycles.